The molecule has 2 bridgehead atoms. The van der Waals surface area contributed by atoms with Gasteiger partial charge in [0, 0.05) is 30.6 Å². The first-order chi connectivity index (χ1) is 8.70. The molecule has 2 atom stereocenters. The van der Waals surface area contributed by atoms with E-state index in [1.165, 1.54) is 0 Å². The highest BCUT2D eigenvalue weighted by atomic mass is 79.9. The van der Waals surface area contributed by atoms with Crippen LogP contribution in [0.2, 0.25) is 0 Å². The van der Waals surface area contributed by atoms with Crippen LogP contribution < -0.4 is 10.1 Å². The molecular weight excluding hydrogens is 296 g/mol. The number of nitrogens with one attached hydrogen (secondary N) is 1. The number of nitrogens with zero attached hydrogens (tertiary/aromatic N) is 1. The number of piperidine rings is 1. The summed E-state index contributed by atoms with van der Waals surface area (Å²) in [6.45, 7) is 3.56. The molecule has 2 saturated heterocycles. The number of rotatable bonds is 2. The Hall–Kier alpha value is -0.650. The Balaban J connectivity index is 1.69. The van der Waals surface area contributed by atoms with Crippen molar-refractivity contribution in [2.75, 3.05) is 13.2 Å². The number of halogens is 1. The molecule has 2 unspecified atom stereocenters. The summed E-state index contributed by atoms with van der Waals surface area (Å²) in [5.74, 6) is 0.839. The lowest BCUT2D eigenvalue weighted by atomic mass is 9.95. The molecule has 3 heterocycles. The fourth-order valence-corrected chi connectivity index (χ4v) is 3.19. The first kappa shape index (κ1) is 12.4. The molecule has 0 aromatic carbocycles. The number of ether oxygens (including phenoxy) is 2. The second-order valence-electron chi connectivity index (χ2n) is 5.07. The summed E-state index contributed by atoms with van der Waals surface area (Å²) in [6.07, 6.45) is 4.05. The summed E-state index contributed by atoms with van der Waals surface area (Å²) < 4.78 is 12.6. The third kappa shape index (κ3) is 2.68. The van der Waals surface area contributed by atoms with Crippen molar-refractivity contribution >= 4 is 15.9 Å². The Morgan fingerprint density at radius 3 is 2.78 bits per heavy atom. The standard InChI is InChI=1S/C13H17BrN2O2/c1-8-2-12(14)13(5-15-8)18-11-3-9-6-17-7-10(4-11)16-9/h2,5,9-11,16H,3-4,6-7H2,1H3. The second-order valence-corrected chi connectivity index (χ2v) is 5.92. The summed E-state index contributed by atoms with van der Waals surface area (Å²) in [5, 5.41) is 3.56. The number of fused-ring (bicyclic) bond motifs is 2. The van der Waals surface area contributed by atoms with Crippen LogP contribution in [-0.2, 0) is 4.74 Å². The molecule has 0 radical (unpaired) electrons. The zero-order chi connectivity index (χ0) is 12.5. The zero-order valence-electron chi connectivity index (χ0n) is 10.4. The van der Waals surface area contributed by atoms with E-state index in [1.807, 2.05) is 13.0 Å². The molecule has 18 heavy (non-hydrogen) atoms. The van der Waals surface area contributed by atoms with Crippen molar-refractivity contribution in [2.45, 2.75) is 38.0 Å². The molecule has 0 spiro atoms. The smallest absolute Gasteiger partial charge is 0.152 e. The Morgan fingerprint density at radius 1 is 1.39 bits per heavy atom. The van der Waals surface area contributed by atoms with Gasteiger partial charge in [0.15, 0.2) is 5.75 Å². The number of pyridine rings is 1. The number of hydrogen-bond acceptors (Lipinski definition) is 4. The topological polar surface area (TPSA) is 43.4 Å². The minimum atomic E-state index is 0.256. The zero-order valence-corrected chi connectivity index (χ0v) is 11.9. The Labute approximate surface area is 115 Å². The molecule has 0 aliphatic carbocycles. The van der Waals surface area contributed by atoms with Crippen molar-refractivity contribution in [3.05, 3.63) is 22.4 Å². The summed E-state index contributed by atoms with van der Waals surface area (Å²) >= 11 is 3.53. The third-order valence-corrected chi connectivity index (χ3v) is 4.07. The van der Waals surface area contributed by atoms with E-state index in [2.05, 4.69) is 26.2 Å². The molecule has 3 rings (SSSR count). The van der Waals surface area contributed by atoms with E-state index in [9.17, 15) is 0 Å². The largest absolute Gasteiger partial charge is 0.487 e. The van der Waals surface area contributed by atoms with Gasteiger partial charge in [-0.05, 0) is 28.9 Å². The molecule has 0 saturated carbocycles. The van der Waals surface area contributed by atoms with Crippen LogP contribution in [0.15, 0.2) is 16.7 Å². The van der Waals surface area contributed by atoms with E-state index in [0.717, 1.165) is 42.0 Å². The molecule has 1 aromatic heterocycles. The van der Waals surface area contributed by atoms with Crippen LogP contribution in [0.25, 0.3) is 0 Å². The Kier molecular flexibility index (Phi) is 3.54. The van der Waals surface area contributed by atoms with Gasteiger partial charge >= 0.3 is 0 Å². The fraction of sp³-hybridized carbons (Fsp3) is 0.615. The van der Waals surface area contributed by atoms with Crippen LogP contribution in [0.3, 0.4) is 0 Å². The summed E-state index contributed by atoms with van der Waals surface area (Å²) in [4.78, 5) is 4.28. The van der Waals surface area contributed by atoms with Crippen LogP contribution in [0.4, 0.5) is 0 Å². The van der Waals surface area contributed by atoms with Gasteiger partial charge in [0.2, 0.25) is 0 Å². The van der Waals surface area contributed by atoms with Gasteiger partial charge < -0.3 is 14.8 Å². The maximum absolute atomic E-state index is 6.07. The molecule has 1 N–H and O–H groups in total. The minimum Gasteiger partial charge on any atom is -0.487 e. The molecule has 1 aromatic rings. The van der Waals surface area contributed by atoms with Gasteiger partial charge in [-0.2, -0.15) is 0 Å². The lowest BCUT2D eigenvalue weighted by molar-refractivity contribution is -0.0125. The molecule has 0 amide bonds. The summed E-state index contributed by atoms with van der Waals surface area (Å²) in [5.41, 5.74) is 0.991. The van der Waals surface area contributed by atoms with E-state index in [-0.39, 0.29) is 6.10 Å². The van der Waals surface area contributed by atoms with Crippen molar-refractivity contribution < 1.29 is 9.47 Å². The van der Waals surface area contributed by atoms with Crippen molar-refractivity contribution in [1.29, 1.82) is 0 Å². The molecule has 4 nitrogen and oxygen atoms in total. The van der Waals surface area contributed by atoms with Gasteiger partial charge in [0.05, 0.1) is 23.9 Å². The van der Waals surface area contributed by atoms with E-state index in [1.54, 1.807) is 6.20 Å². The highest BCUT2D eigenvalue weighted by Crippen LogP contribution is 2.29. The number of aromatic nitrogens is 1. The maximum Gasteiger partial charge on any atom is 0.152 e. The van der Waals surface area contributed by atoms with E-state index in [4.69, 9.17) is 9.47 Å². The van der Waals surface area contributed by atoms with Gasteiger partial charge in [-0.25, -0.2) is 0 Å². The second kappa shape index (κ2) is 5.15. The predicted molar refractivity (Wildman–Crippen MR) is 71.9 cm³/mol. The summed E-state index contributed by atoms with van der Waals surface area (Å²) in [7, 11) is 0. The maximum atomic E-state index is 6.07. The van der Waals surface area contributed by atoms with Crippen molar-refractivity contribution in [1.82, 2.24) is 10.3 Å². The predicted octanol–water partition coefficient (Wildman–Crippen LogP) is 2.05. The molecular formula is C13H17BrN2O2. The number of hydrogen-bond donors (Lipinski definition) is 1. The lowest BCUT2D eigenvalue weighted by Crippen LogP contribution is -2.56. The average Bonchev–Trinajstić information content (AvgIpc) is 2.32. The van der Waals surface area contributed by atoms with Gasteiger partial charge in [-0.15, -0.1) is 0 Å². The van der Waals surface area contributed by atoms with Crippen LogP contribution in [-0.4, -0.2) is 36.4 Å². The SMILES string of the molecule is Cc1cc(Br)c(OC2CC3COCC(C2)N3)cn1. The number of aryl methyl sites for hydroxylation is 1. The van der Waals surface area contributed by atoms with Crippen LogP contribution in [0.1, 0.15) is 18.5 Å². The lowest BCUT2D eigenvalue weighted by Gasteiger charge is -2.39. The number of morpholine rings is 1. The molecule has 2 fully saturated rings. The monoisotopic (exact) mass is 312 g/mol. The molecule has 2 aliphatic heterocycles. The van der Waals surface area contributed by atoms with Gasteiger partial charge in [-0.3, -0.25) is 4.98 Å². The van der Waals surface area contributed by atoms with Gasteiger partial charge in [-0.1, -0.05) is 0 Å². The van der Waals surface area contributed by atoms with E-state index >= 15 is 0 Å². The molecule has 5 heteroatoms. The quantitative estimate of drug-likeness (QED) is 0.907. The highest BCUT2D eigenvalue weighted by Gasteiger charge is 2.33. The van der Waals surface area contributed by atoms with Crippen LogP contribution >= 0.6 is 15.9 Å². The van der Waals surface area contributed by atoms with Crippen LogP contribution in [0, 0.1) is 6.92 Å². The Morgan fingerprint density at radius 2 is 2.11 bits per heavy atom. The first-order valence-corrected chi connectivity index (χ1v) is 7.12. The van der Waals surface area contributed by atoms with E-state index in [0.29, 0.717) is 12.1 Å². The Bertz CT molecular complexity index is 429. The van der Waals surface area contributed by atoms with Gasteiger partial charge in [0.25, 0.3) is 0 Å². The highest BCUT2D eigenvalue weighted by molar-refractivity contribution is 9.10. The normalized spacial score (nSPS) is 31.1. The van der Waals surface area contributed by atoms with Crippen LogP contribution in [0.5, 0.6) is 5.75 Å². The van der Waals surface area contributed by atoms with Crippen molar-refractivity contribution in [3.63, 3.8) is 0 Å². The van der Waals surface area contributed by atoms with Crippen molar-refractivity contribution in [3.8, 4) is 5.75 Å². The average molecular weight is 313 g/mol. The molecule has 98 valence electrons. The minimum absolute atomic E-state index is 0.256. The fourth-order valence-electron chi connectivity index (χ4n) is 2.66. The third-order valence-electron chi connectivity index (χ3n) is 3.45. The van der Waals surface area contributed by atoms with Crippen molar-refractivity contribution in [2.24, 2.45) is 0 Å². The first-order valence-electron chi connectivity index (χ1n) is 6.33. The van der Waals surface area contributed by atoms with E-state index < -0.39 is 0 Å². The summed E-state index contributed by atoms with van der Waals surface area (Å²) in [6, 6.07) is 2.85. The van der Waals surface area contributed by atoms with Gasteiger partial charge in [0.1, 0.15) is 6.10 Å². The molecule has 2 aliphatic rings.